The van der Waals surface area contributed by atoms with E-state index in [4.69, 9.17) is 27.9 Å². The molecule has 3 aromatic heterocycles. The first-order chi connectivity index (χ1) is 14.5. The van der Waals surface area contributed by atoms with Crippen molar-refractivity contribution in [2.45, 2.75) is 0 Å². The van der Waals surface area contributed by atoms with Gasteiger partial charge in [-0.25, -0.2) is 14.8 Å². The van der Waals surface area contributed by atoms with Gasteiger partial charge < -0.3 is 10.1 Å². The summed E-state index contributed by atoms with van der Waals surface area (Å²) in [6.45, 7) is -0.458. The molecular weight excluding hydrogens is 445 g/mol. The average molecular weight is 458 g/mol. The highest BCUT2D eigenvalue weighted by Crippen LogP contribution is 2.32. The highest BCUT2D eigenvalue weighted by atomic mass is 35.5. The second kappa shape index (κ2) is 8.79. The predicted molar refractivity (Wildman–Crippen MR) is 118 cm³/mol. The fourth-order valence-electron chi connectivity index (χ4n) is 2.76. The van der Waals surface area contributed by atoms with Gasteiger partial charge in [0.15, 0.2) is 6.61 Å². The number of esters is 1. The summed E-state index contributed by atoms with van der Waals surface area (Å²) < 4.78 is 5.86. The Hall–Kier alpha value is -3.00. The smallest absolute Gasteiger partial charge is 0.339 e. The van der Waals surface area contributed by atoms with Gasteiger partial charge in [-0.15, -0.1) is 11.3 Å². The van der Waals surface area contributed by atoms with Gasteiger partial charge in [-0.3, -0.25) is 4.79 Å². The molecule has 4 rings (SSSR count). The number of rotatable bonds is 5. The number of benzene rings is 1. The van der Waals surface area contributed by atoms with Crippen molar-refractivity contribution < 1.29 is 14.3 Å². The van der Waals surface area contributed by atoms with Crippen LogP contribution >= 0.6 is 34.5 Å². The Bertz CT molecular complexity index is 1240. The highest BCUT2D eigenvalue weighted by Gasteiger charge is 2.17. The van der Waals surface area contributed by atoms with Gasteiger partial charge in [0, 0.05) is 11.6 Å². The summed E-state index contributed by atoms with van der Waals surface area (Å²) in [7, 11) is 0. The van der Waals surface area contributed by atoms with E-state index in [0.717, 1.165) is 4.88 Å². The Balaban J connectivity index is 1.54. The van der Waals surface area contributed by atoms with Crippen molar-refractivity contribution in [3.05, 3.63) is 75.7 Å². The molecule has 6 nitrogen and oxygen atoms in total. The van der Waals surface area contributed by atoms with Gasteiger partial charge >= 0.3 is 5.97 Å². The Morgan fingerprint density at radius 3 is 2.63 bits per heavy atom. The van der Waals surface area contributed by atoms with Crippen LogP contribution in [0.2, 0.25) is 9.36 Å². The van der Waals surface area contributed by atoms with Crippen molar-refractivity contribution in [1.29, 1.82) is 0 Å². The van der Waals surface area contributed by atoms with Crippen LogP contribution in [0.3, 0.4) is 0 Å². The summed E-state index contributed by atoms with van der Waals surface area (Å²) in [5.41, 5.74) is 1.56. The number of amides is 1. The molecule has 0 aliphatic carbocycles. The summed E-state index contributed by atoms with van der Waals surface area (Å²) in [5, 5.41) is 3.63. The molecule has 1 aromatic carbocycles. The molecule has 150 valence electrons. The quantitative estimate of drug-likeness (QED) is 0.402. The average Bonchev–Trinajstić information content (AvgIpc) is 3.19. The molecule has 0 saturated carbocycles. The van der Waals surface area contributed by atoms with Crippen molar-refractivity contribution >= 4 is 63.1 Å². The second-order valence-electron chi connectivity index (χ2n) is 6.16. The monoisotopic (exact) mass is 457 g/mol. The zero-order chi connectivity index (χ0) is 21.1. The van der Waals surface area contributed by atoms with Gasteiger partial charge in [0.2, 0.25) is 0 Å². The number of hydrogen-bond acceptors (Lipinski definition) is 6. The van der Waals surface area contributed by atoms with Crippen LogP contribution in [0.5, 0.6) is 0 Å². The molecule has 0 bridgehead atoms. The molecular formula is C21H13Cl2N3O3S. The first-order valence-electron chi connectivity index (χ1n) is 8.73. The third-order valence-electron chi connectivity index (χ3n) is 4.09. The molecule has 30 heavy (non-hydrogen) atoms. The van der Waals surface area contributed by atoms with Gasteiger partial charge in [0.25, 0.3) is 5.91 Å². The maximum absolute atomic E-state index is 12.8. The van der Waals surface area contributed by atoms with Crippen LogP contribution in [-0.2, 0) is 9.53 Å². The molecule has 0 spiro atoms. The van der Waals surface area contributed by atoms with Crippen molar-refractivity contribution in [2.75, 3.05) is 11.9 Å². The number of halogens is 2. The number of aromatic nitrogens is 2. The molecule has 1 N–H and O–H groups in total. The zero-order valence-corrected chi connectivity index (χ0v) is 17.6. The maximum Gasteiger partial charge on any atom is 0.339 e. The standard InChI is InChI=1S/C21H13Cl2N3O3S/c22-12-5-8-19(24-10-12)26-20(27)11-29-21(28)14-9-16(17-6-7-18(23)30-17)25-15-4-2-1-3-13(14)15/h1-10H,11H2,(H,24,26,27). The number of para-hydroxylation sites is 1. The molecule has 0 aliphatic rings. The van der Waals surface area contributed by atoms with E-state index in [1.165, 1.54) is 17.5 Å². The molecule has 0 unspecified atom stereocenters. The van der Waals surface area contributed by atoms with Crippen LogP contribution in [0.25, 0.3) is 21.5 Å². The van der Waals surface area contributed by atoms with E-state index in [2.05, 4.69) is 15.3 Å². The first kappa shape index (κ1) is 20.3. The van der Waals surface area contributed by atoms with Crippen molar-refractivity contribution in [3.63, 3.8) is 0 Å². The molecule has 9 heteroatoms. The van der Waals surface area contributed by atoms with E-state index in [1.54, 1.807) is 36.4 Å². The molecule has 3 heterocycles. The molecule has 0 fully saturated rings. The molecule has 0 radical (unpaired) electrons. The summed E-state index contributed by atoms with van der Waals surface area (Å²) in [4.78, 5) is 34.3. The minimum atomic E-state index is -0.628. The van der Waals surface area contributed by atoms with Crippen molar-refractivity contribution in [3.8, 4) is 10.6 Å². The number of anilines is 1. The number of thiophene rings is 1. The second-order valence-corrected chi connectivity index (χ2v) is 8.31. The number of fused-ring (bicyclic) bond motifs is 1. The minimum absolute atomic E-state index is 0.312. The SMILES string of the molecule is O=C(COC(=O)c1cc(-c2ccc(Cl)s2)nc2ccccc12)Nc1ccc(Cl)cn1. The number of carbonyl (C=O) groups is 2. The summed E-state index contributed by atoms with van der Waals surface area (Å²) in [6.07, 6.45) is 1.41. The topological polar surface area (TPSA) is 81.2 Å². The number of nitrogens with one attached hydrogen (secondary N) is 1. The fraction of sp³-hybridized carbons (Fsp3) is 0.0476. The van der Waals surface area contributed by atoms with E-state index < -0.39 is 18.5 Å². The first-order valence-corrected chi connectivity index (χ1v) is 10.3. The van der Waals surface area contributed by atoms with Crippen LogP contribution < -0.4 is 5.32 Å². The molecule has 0 atom stereocenters. The van der Waals surface area contributed by atoms with Crippen LogP contribution in [-0.4, -0.2) is 28.5 Å². The summed E-state index contributed by atoms with van der Waals surface area (Å²) >= 11 is 13.2. The lowest BCUT2D eigenvalue weighted by Gasteiger charge is -2.09. The van der Waals surface area contributed by atoms with E-state index in [1.807, 2.05) is 18.2 Å². The van der Waals surface area contributed by atoms with E-state index in [0.29, 0.717) is 37.3 Å². The van der Waals surface area contributed by atoms with Gasteiger partial charge in [-0.2, -0.15) is 0 Å². The third kappa shape index (κ3) is 4.59. The van der Waals surface area contributed by atoms with Crippen molar-refractivity contribution in [2.24, 2.45) is 0 Å². The Labute approximate surface area is 185 Å². The lowest BCUT2D eigenvalue weighted by atomic mass is 10.1. The van der Waals surface area contributed by atoms with Crippen LogP contribution in [0, 0.1) is 0 Å². The lowest BCUT2D eigenvalue weighted by Crippen LogP contribution is -2.21. The number of carbonyl (C=O) groups excluding carboxylic acids is 2. The fourth-order valence-corrected chi connectivity index (χ4v) is 3.88. The predicted octanol–water partition coefficient (Wildman–Crippen LogP) is 5.46. The van der Waals surface area contributed by atoms with Gasteiger partial charge in [0.1, 0.15) is 5.82 Å². The van der Waals surface area contributed by atoms with E-state index in [9.17, 15) is 9.59 Å². The number of hydrogen-bond donors (Lipinski definition) is 1. The largest absolute Gasteiger partial charge is 0.452 e. The summed E-state index contributed by atoms with van der Waals surface area (Å²) in [5.74, 6) is -0.829. The van der Waals surface area contributed by atoms with E-state index >= 15 is 0 Å². The Kier molecular flexibility index (Phi) is 5.94. The van der Waals surface area contributed by atoms with E-state index in [-0.39, 0.29) is 0 Å². The van der Waals surface area contributed by atoms with Crippen LogP contribution in [0.15, 0.2) is 60.8 Å². The Morgan fingerprint density at radius 1 is 1.07 bits per heavy atom. The summed E-state index contributed by atoms with van der Waals surface area (Å²) in [6, 6.07) is 15.6. The minimum Gasteiger partial charge on any atom is -0.452 e. The molecule has 4 aromatic rings. The van der Waals surface area contributed by atoms with Gasteiger partial charge in [-0.05, 0) is 36.4 Å². The molecule has 0 aliphatic heterocycles. The molecule has 0 saturated heterocycles. The van der Waals surface area contributed by atoms with Crippen LogP contribution in [0.1, 0.15) is 10.4 Å². The Morgan fingerprint density at radius 2 is 1.90 bits per heavy atom. The highest BCUT2D eigenvalue weighted by molar-refractivity contribution is 7.19. The zero-order valence-electron chi connectivity index (χ0n) is 15.3. The van der Waals surface area contributed by atoms with Crippen LogP contribution in [0.4, 0.5) is 5.82 Å². The van der Waals surface area contributed by atoms with Gasteiger partial charge in [-0.1, -0.05) is 41.4 Å². The number of ether oxygens (including phenoxy) is 1. The normalized spacial score (nSPS) is 10.7. The number of pyridine rings is 2. The third-order valence-corrected chi connectivity index (χ3v) is 5.57. The lowest BCUT2D eigenvalue weighted by molar-refractivity contribution is -0.119. The number of nitrogens with zero attached hydrogens (tertiary/aromatic N) is 2. The maximum atomic E-state index is 12.8. The van der Waals surface area contributed by atoms with Gasteiger partial charge in [0.05, 0.1) is 31.0 Å². The van der Waals surface area contributed by atoms with Crippen molar-refractivity contribution in [1.82, 2.24) is 9.97 Å². The molecule has 1 amide bonds.